The average Bonchev–Trinajstić information content (AvgIpc) is 2.56. The van der Waals surface area contributed by atoms with E-state index in [9.17, 15) is 13.2 Å². The van der Waals surface area contributed by atoms with Crippen LogP contribution >= 0.6 is 0 Å². The van der Waals surface area contributed by atoms with E-state index in [1.165, 1.54) is 9.87 Å². The summed E-state index contributed by atoms with van der Waals surface area (Å²) < 4.78 is 26.0. The van der Waals surface area contributed by atoms with E-state index in [1.807, 2.05) is 52.8 Å². The Bertz CT molecular complexity index is 977. The van der Waals surface area contributed by atoms with Gasteiger partial charge in [-0.2, -0.15) is 0 Å². The van der Waals surface area contributed by atoms with Crippen molar-refractivity contribution in [3.05, 3.63) is 63.7 Å². The number of sulfonamides is 1. The summed E-state index contributed by atoms with van der Waals surface area (Å²) in [5.74, 6) is -0.335. The van der Waals surface area contributed by atoms with Gasteiger partial charge in [-0.3, -0.25) is 9.10 Å². The van der Waals surface area contributed by atoms with Gasteiger partial charge >= 0.3 is 0 Å². The Morgan fingerprint density at radius 1 is 0.964 bits per heavy atom. The highest BCUT2D eigenvalue weighted by atomic mass is 32.2. The molecule has 0 bridgehead atoms. The SMILES string of the molecule is Cc1cc(C)c([C@H](C)NC(=O)CN(c2c(C)cccc2C)S(C)(=O)=O)cc1C. The molecule has 1 atom stereocenters. The molecule has 0 radical (unpaired) electrons. The predicted molar refractivity (Wildman–Crippen MR) is 115 cm³/mol. The van der Waals surface area contributed by atoms with Crippen molar-refractivity contribution in [1.29, 1.82) is 0 Å². The number of hydrogen-bond acceptors (Lipinski definition) is 3. The van der Waals surface area contributed by atoms with Gasteiger partial charge in [-0.05, 0) is 74.9 Å². The molecule has 0 saturated heterocycles. The number of rotatable bonds is 6. The highest BCUT2D eigenvalue weighted by Gasteiger charge is 2.24. The molecule has 2 aromatic carbocycles. The largest absolute Gasteiger partial charge is 0.348 e. The van der Waals surface area contributed by atoms with Gasteiger partial charge in [0.1, 0.15) is 6.54 Å². The maximum atomic E-state index is 12.7. The van der Waals surface area contributed by atoms with Crippen molar-refractivity contribution < 1.29 is 13.2 Å². The van der Waals surface area contributed by atoms with Crippen LogP contribution in [-0.2, 0) is 14.8 Å². The maximum Gasteiger partial charge on any atom is 0.241 e. The van der Waals surface area contributed by atoms with E-state index in [1.54, 1.807) is 0 Å². The molecule has 152 valence electrons. The summed E-state index contributed by atoms with van der Waals surface area (Å²) in [5.41, 5.74) is 6.70. The maximum absolute atomic E-state index is 12.7. The highest BCUT2D eigenvalue weighted by molar-refractivity contribution is 7.92. The lowest BCUT2D eigenvalue weighted by atomic mass is 9.96. The molecule has 0 unspecified atom stereocenters. The fraction of sp³-hybridized carbons (Fsp3) is 0.409. The van der Waals surface area contributed by atoms with Crippen molar-refractivity contribution in [2.45, 2.75) is 47.6 Å². The molecule has 0 heterocycles. The molecule has 6 heteroatoms. The molecule has 2 rings (SSSR count). The second-order valence-electron chi connectivity index (χ2n) is 7.59. The molecule has 0 aliphatic carbocycles. The quantitative estimate of drug-likeness (QED) is 0.798. The van der Waals surface area contributed by atoms with E-state index in [0.717, 1.165) is 34.1 Å². The third kappa shape index (κ3) is 4.93. The van der Waals surface area contributed by atoms with E-state index >= 15 is 0 Å². The van der Waals surface area contributed by atoms with Crippen molar-refractivity contribution in [2.24, 2.45) is 0 Å². The van der Waals surface area contributed by atoms with Gasteiger partial charge in [0.2, 0.25) is 15.9 Å². The first kappa shape index (κ1) is 22.0. The molecule has 0 aliphatic heterocycles. The molecule has 0 saturated carbocycles. The molecular formula is C22H30N2O3S. The lowest BCUT2D eigenvalue weighted by molar-refractivity contribution is -0.120. The standard InChI is InChI=1S/C22H30N2O3S/c1-14-9-8-10-15(2)22(14)24(28(7,26)27)13-21(25)23-19(6)20-12-17(4)16(3)11-18(20)5/h8-12,19H,13H2,1-7H3,(H,23,25)/t19-/m0/s1. The van der Waals surface area contributed by atoms with Crippen LogP contribution in [0.2, 0.25) is 0 Å². The van der Waals surface area contributed by atoms with Gasteiger partial charge in [0.15, 0.2) is 0 Å². The van der Waals surface area contributed by atoms with Gasteiger partial charge < -0.3 is 5.32 Å². The Hall–Kier alpha value is -2.34. The van der Waals surface area contributed by atoms with Crippen molar-refractivity contribution in [1.82, 2.24) is 5.32 Å². The van der Waals surface area contributed by atoms with Crippen LogP contribution in [-0.4, -0.2) is 27.1 Å². The molecule has 2 aromatic rings. The second kappa shape index (κ2) is 8.35. The van der Waals surface area contributed by atoms with Gasteiger partial charge in [0.05, 0.1) is 18.0 Å². The Morgan fingerprint density at radius 2 is 1.50 bits per heavy atom. The van der Waals surface area contributed by atoms with Crippen molar-refractivity contribution in [2.75, 3.05) is 17.1 Å². The zero-order valence-corrected chi connectivity index (χ0v) is 18.6. The van der Waals surface area contributed by atoms with Gasteiger partial charge in [-0.15, -0.1) is 0 Å². The number of carbonyl (C=O) groups is 1. The van der Waals surface area contributed by atoms with Crippen LogP contribution in [0.3, 0.4) is 0 Å². The summed E-state index contributed by atoms with van der Waals surface area (Å²) in [7, 11) is -3.61. The van der Waals surface area contributed by atoms with E-state index in [0.29, 0.717) is 5.69 Å². The van der Waals surface area contributed by atoms with Gasteiger partial charge in [-0.25, -0.2) is 8.42 Å². The number of carbonyl (C=O) groups excluding carboxylic acids is 1. The summed E-state index contributed by atoms with van der Waals surface area (Å²) in [4.78, 5) is 12.7. The molecule has 0 spiro atoms. The normalized spacial score (nSPS) is 12.5. The van der Waals surface area contributed by atoms with E-state index < -0.39 is 10.0 Å². The first-order valence-corrected chi connectivity index (χ1v) is 11.2. The number of aryl methyl sites for hydroxylation is 5. The van der Waals surface area contributed by atoms with Crippen LogP contribution in [0, 0.1) is 34.6 Å². The van der Waals surface area contributed by atoms with Crippen molar-refractivity contribution in [3.63, 3.8) is 0 Å². The number of benzene rings is 2. The van der Waals surface area contributed by atoms with E-state index in [-0.39, 0.29) is 18.5 Å². The van der Waals surface area contributed by atoms with Crippen LogP contribution in [0.4, 0.5) is 5.69 Å². The summed E-state index contributed by atoms with van der Waals surface area (Å²) in [6.07, 6.45) is 1.13. The number of para-hydroxylation sites is 1. The van der Waals surface area contributed by atoms with Crippen molar-refractivity contribution in [3.8, 4) is 0 Å². The monoisotopic (exact) mass is 402 g/mol. The van der Waals surface area contributed by atoms with Gasteiger partial charge in [-0.1, -0.05) is 30.3 Å². The second-order valence-corrected chi connectivity index (χ2v) is 9.50. The third-order valence-electron chi connectivity index (χ3n) is 5.10. The molecule has 0 fully saturated rings. The number of anilines is 1. The summed E-state index contributed by atoms with van der Waals surface area (Å²) in [6.45, 7) is 11.5. The van der Waals surface area contributed by atoms with E-state index in [4.69, 9.17) is 0 Å². The third-order valence-corrected chi connectivity index (χ3v) is 6.22. The van der Waals surface area contributed by atoms with Crippen molar-refractivity contribution >= 4 is 21.6 Å². The number of nitrogens with zero attached hydrogens (tertiary/aromatic N) is 1. The fourth-order valence-electron chi connectivity index (χ4n) is 3.51. The number of nitrogens with one attached hydrogen (secondary N) is 1. The Labute approximate surface area is 168 Å². The smallest absolute Gasteiger partial charge is 0.241 e. The minimum Gasteiger partial charge on any atom is -0.348 e. The zero-order valence-electron chi connectivity index (χ0n) is 17.8. The van der Waals surface area contributed by atoms with Crippen LogP contribution in [0.15, 0.2) is 30.3 Å². The lowest BCUT2D eigenvalue weighted by Crippen LogP contribution is -2.41. The van der Waals surface area contributed by atoms with Crippen LogP contribution in [0.1, 0.15) is 46.3 Å². The number of hydrogen-bond donors (Lipinski definition) is 1. The number of amides is 1. The Morgan fingerprint density at radius 3 is 2.04 bits per heavy atom. The Balaban J connectivity index is 2.27. The van der Waals surface area contributed by atoms with Gasteiger partial charge in [0.25, 0.3) is 0 Å². The van der Waals surface area contributed by atoms with E-state index in [2.05, 4.69) is 24.4 Å². The molecule has 28 heavy (non-hydrogen) atoms. The fourth-order valence-corrected chi connectivity index (χ4v) is 4.48. The topological polar surface area (TPSA) is 66.5 Å². The van der Waals surface area contributed by atoms with Crippen LogP contribution in [0.5, 0.6) is 0 Å². The minimum absolute atomic E-state index is 0.217. The molecular weight excluding hydrogens is 372 g/mol. The summed E-state index contributed by atoms with van der Waals surface area (Å²) in [5, 5.41) is 2.95. The average molecular weight is 403 g/mol. The lowest BCUT2D eigenvalue weighted by Gasteiger charge is -2.26. The predicted octanol–water partition coefficient (Wildman–Crippen LogP) is 3.87. The summed E-state index contributed by atoms with van der Waals surface area (Å²) in [6, 6.07) is 9.53. The first-order chi connectivity index (χ1) is 12.9. The highest BCUT2D eigenvalue weighted by Crippen LogP contribution is 2.27. The molecule has 0 aromatic heterocycles. The first-order valence-electron chi connectivity index (χ1n) is 9.33. The summed E-state index contributed by atoms with van der Waals surface area (Å²) >= 11 is 0. The minimum atomic E-state index is -3.61. The van der Waals surface area contributed by atoms with Crippen LogP contribution in [0.25, 0.3) is 0 Å². The molecule has 1 amide bonds. The Kier molecular flexibility index (Phi) is 6.55. The van der Waals surface area contributed by atoms with Gasteiger partial charge in [0, 0.05) is 0 Å². The molecule has 1 N–H and O–H groups in total. The molecule has 0 aliphatic rings. The zero-order chi connectivity index (χ0) is 21.2. The van der Waals surface area contributed by atoms with Crippen LogP contribution < -0.4 is 9.62 Å². The molecule has 5 nitrogen and oxygen atoms in total.